The molecule has 0 saturated heterocycles. The summed E-state index contributed by atoms with van der Waals surface area (Å²) < 4.78 is 28.7. The Morgan fingerprint density at radius 3 is 2.68 bits per heavy atom. The number of halogens is 2. The molecule has 0 unspecified atom stereocenters. The molecule has 2 aromatic carbocycles. The molecule has 0 N–H and O–H groups in total. The molecule has 0 bridgehead atoms. The Hall–Kier alpha value is -3.33. The number of nitrogens with zero attached hydrogens (tertiary/aromatic N) is 4. The zero-order valence-electron chi connectivity index (χ0n) is 14.3. The Kier molecular flexibility index (Phi) is 4.98. The summed E-state index contributed by atoms with van der Waals surface area (Å²) in [6, 6.07) is 11.2. The summed E-state index contributed by atoms with van der Waals surface area (Å²) in [6.07, 6.45) is 1.66. The van der Waals surface area contributed by atoms with E-state index < -0.39 is 6.61 Å². The summed E-state index contributed by atoms with van der Waals surface area (Å²) in [5, 5.41) is 9.50. The quantitative estimate of drug-likeness (QED) is 0.454. The lowest BCUT2D eigenvalue weighted by molar-refractivity contribution is -0.0498. The van der Waals surface area contributed by atoms with Gasteiger partial charge >= 0.3 is 6.61 Å². The van der Waals surface area contributed by atoms with E-state index in [-0.39, 0.29) is 18.0 Å². The third kappa shape index (κ3) is 3.99. The van der Waals surface area contributed by atoms with E-state index >= 15 is 0 Å². The Labute approximate surface area is 161 Å². The molecule has 140 valence electrons. The van der Waals surface area contributed by atoms with Gasteiger partial charge in [0.1, 0.15) is 22.1 Å². The van der Waals surface area contributed by atoms with Crippen LogP contribution in [0.2, 0.25) is 0 Å². The van der Waals surface area contributed by atoms with Gasteiger partial charge in [-0.25, -0.2) is 9.97 Å². The molecule has 0 spiro atoms. The van der Waals surface area contributed by atoms with Crippen molar-refractivity contribution in [2.45, 2.75) is 13.0 Å². The van der Waals surface area contributed by atoms with Crippen LogP contribution in [0, 0.1) is 0 Å². The minimum absolute atomic E-state index is 0.00212. The highest BCUT2D eigenvalue weighted by Gasteiger charge is 2.12. The van der Waals surface area contributed by atoms with E-state index in [4.69, 9.17) is 0 Å². The van der Waals surface area contributed by atoms with E-state index in [2.05, 4.69) is 24.9 Å². The lowest BCUT2D eigenvalue weighted by atomic mass is 10.1. The first kappa shape index (κ1) is 18.1. The summed E-state index contributed by atoms with van der Waals surface area (Å²) in [7, 11) is 0. The fourth-order valence-electron chi connectivity index (χ4n) is 2.65. The second kappa shape index (κ2) is 7.73. The fraction of sp³-hybridized carbons (Fsp3) is 0.105. The van der Waals surface area contributed by atoms with Crippen LogP contribution < -0.4 is 4.74 Å². The van der Waals surface area contributed by atoms with E-state index in [9.17, 15) is 13.6 Å². The van der Waals surface area contributed by atoms with Gasteiger partial charge in [-0.1, -0.05) is 23.5 Å². The molecule has 0 fully saturated rings. The van der Waals surface area contributed by atoms with Gasteiger partial charge < -0.3 is 4.74 Å². The van der Waals surface area contributed by atoms with Gasteiger partial charge in [0, 0.05) is 22.7 Å². The van der Waals surface area contributed by atoms with Crippen LogP contribution in [0.3, 0.4) is 0 Å². The number of carbonyl (C=O) groups is 1. The number of Topliss-reactive ketones (excluding diaryl/α,β-unsaturated/α-hetero) is 1. The molecule has 4 rings (SSSR count). The first-order chi connectivity index (χ1) is 13.6. The van der Waals surface area contributed by atoms with Crippen LogP contribution in [-0.2, 0) is 6.42 Å². The van der Waals surface area contributed by atoms with Gasteiger partial charge in [0.25, 0.3) is 0 Å². The van der Waals surface area contributed by atoms with Gasteiger partial charge in [-0.2, -0.15) is 8.78 Å². The zero-order chi connectivity index (χ0) is 19.5. The van der Waals surface area contributed by atoms with Crippen molar-refractivity contribution >= 4 is 28.0 Å². The Balaban J connectivity index is 1.54. The third-order valence-corrected chi connectivity index (χ3v) is 4.70. The monoisotopic (exact) mass is 398 g/mol. The summed E-state index contributed by atoms with van der Waals surface area (Å²) in [6.45, 7) is -2.90. The molecular weight excluding hydrogens is 386 g/mol. The number of hydrogen-bond acceptors (Lipinski definition) is 7. The molecule has 2 aromatic heterocycles. The molecular formula is C19H12F2N4O2S. The summed E-state index contributed by atoms with van der Waals surface area (Å²) >= 11 is 1.42. The molecule has 0 aliphatic rings. The molecule has 9 heteroatoms. The number of rotatable bonds is 6. The van der Waals surface area contributed by atoms with Crippen LogP contribution in [0.4, 0.5) is 8.78 Å². The fourth-order valence-corrected chi connectivity index (χ4v) is 3.20. The van der Waals surface area contributed by atoms with Gasteiger partial charge in [-0.3, -0.25) is 4.79 Å². The van der Waals surface area contributed by atoms with Crippen molar-refractivity contribution in [1.29, 1.82) is 0 Å². The Bertz CT molecular complexity index is 1120. The van der Waals surface area contributed by atoms with Gasteiger partial charge in [-0.05, 0) is 30.3 Å². The van der Waals surface area contributed by atoms with E-state index in [1.807, 2.05) is 18.2 Å². The number of ether oxygens (including phenoxy) is 1. The number of fused-ring (bicyclic) bond motifs is 1. The van der Waals surface area contributed by atoms with E-state index in [1.165, 1.54) is 35.6 Å². The molecule has 0 aliphatic carbocycles. The number of benzene rings is 2. The van der Waals surface area contributed by atoms with Crippen molar-refractivity contribution < 1.29 is 18.3 Å². The SMILES string of the molecule is O=C(Cc1ncc2ccc(-c3nncs3)cc2n1)c1ccc(OC(F)F)cc1. The number of alkyl halides is 2. The first-order valence-corrected chi connectivity index (χ1v) is 9.07. The van der Waals surface area contributed by atoms with E-state index in [0.29, 0.717) is 16.9 Å². The Morgan fingerprint density at radius 1 is 1.14 bits per heavy atom. The molecule has 0 saturated carbocycles. The second-order valence-corrected chi connectivity index (χ2v) is 6.64. The molecule has 0 amide bonds. The van der Waals surface area contributed by atoms with E-state index in [0.717, 1.165) is 16.0 Å². The van der Waals surface area contributed by atoms with Crippen LogP contribution in [0.1, 0.15) is 16.2 Å². The predicted octanol–water partition coefficient (Wildman–Crippen LogP) is 4.18. The van der Waals surface area contributed by atoms with Crippen molar-refractivity contribution in [2.24, 2.45) is 0 Å². The number of aromatic nitrogens is 4. The van der Waals surface area contributed by atoms with Crippen molar-refractivity contribution in [3.63, 3.8) is 0 Å². The second-order valence-electron chi connectivity index (χ2n) is 5.81. The van der Waals surface area contributed by atoms with E-state index in [1.54, 1.807) is 11.7 Å². The van der Waals surface area contributed by atoms with Gasteiger partial charge in [0.2, 0.25) is 0 Å². The zero-order valence-corrected chi connectivity index (χ0v) is 15.1. The number of ketones is 1. The standard InChI is InChI=1S/C19H12F2N4O2S/c20-19(21)27-14-5-3-11(4-6-14)16(26)8-17-22-9-13-2-1-12(7-15(13)24-17)18-25-23-10-28-18/h1-7,9-10,19H,8H2. The highest BCUT2D eigenvalue weighted by molar-refractivity contribution is 7.12. The maximum atomic E-state index is 12.5. The largest absolute Gasteiger partial charge is 0.435 e. The molecule has 0 aliphatic heterocycles. The van der Waals surface area contributed by atoms with Crippen molar-refractivity contribution in [1.82, 2.24) is 20.2 Å². The smallest absolute Gasteiger partial charge is 0.387 e. The predicted molar refractivity (Wildman–Crippen MR) is 99.5 cm³/mol. The van der Waals surface area contributed by atoms with Crippen molar-refractivity contribution in [3.05, 3.63) is 65.6 Å². The van der Waals surface area contributed by atoms with Gasteiger partial charge in [0.15, 0.2) is 5.78 Å². The lowest BCUT2D eigenvalue weighted by Crippen LogP contribution is -2.07. The average molecular weight is 398 g/mol. The summed E-state index contributed by atoms with van der Waals surface area (Å²) in [5.41, 5.74) is 3.61. The minimum Gasteiger partial charge on any atom is -0.435 e. The van der Waals surface area contributed by atoms with Crippen LogP contribution in [0.15, 0.2) is 54.2 Å². The van der Waals surface area contributed by atoms with Crippen LogP contribution in [-0.4, -0.2) is 32.6 Å². The summed E-state index contributed by atoms with van der Waals surface area (Å²) in [5.74, 6) is 0.153. The van der Waals surface area contributed by atoms with Crippen molar-refractivity contribution in [2.75, 3.05) is 0 Å². The Morgan fingerprint density at radius 2 is 1.96 bits per heavy atom. The van der Waals surface area contributed by atoms with Crippen molar-refractivity contribution in [3.8, 4) is 16.3 Å². The molecule has 4 aromatic rings. The number of hydrogen-bond donors (Lipinski definition) is 0. The third-order valence-electron chi connectivity index (χ3n) is 3.96. The lowest BCUT2D eigenvalue weighted by Gasteiger charge is -2.06. The molecule has 28 heavy (non-hydrogen) atoms. The van der Waals surface area contributed by atoms with Gasteiger partial charge in [0.05, 0.1) is 11.9 Å². The maximum Gasteiger partial charge on any atom is 0.387 e. The number of carbonyl (C=O) groups excluding carboxylic acids is 1. The average Bonchev–Trinajstić information content (AvgIpc) is 3.22. The van der Waals surface area contributed by atoms with Crippen LogP contribution in [0.25, 0.3) is 21.5 Å². The summed E-state index contributed by atoms with van der Waals surface area (Å²) in [4.78, 5) is 21.2. The topological polar surface area (TPSA) is 77.9 Å². The highest BCUT2D eigenvalue weighted by Crippen LogP contribution is 2.24. The van der Waals surface area contributed by atoms with Crippen LogP contribution in [0.5, 0.6) is 5.75 Å². The highest BCUT2D eigenvalue weighted by atomic mass is 32.1. The molecule has 6 nitrogen and oxygen atoms in total. The minimum atomic E-state index is -2.90. The molecule has 0 radical (unpaired) electrons. The molecule has 0 atom stereocenters. The normalized spacial score (nSPS) is 11.1. The first-order valence-electron chi connectivity index (χ1n) is 8.19. The maximum absolute atomic E-state index is 12.5. The van der Waals surface area contributed by atoms with Gasteiger partial charge in [-0.15, -0.1) is 10.2 Å². The van der Waals surface area contributed by atoms with Crippen LogP contribution >= 0.6 is 11.3 Å². The molecule has 2 heterocycles.